The van der Waals surface area contributed by atoms with Gasteiger partial charge in [0.25, 0.3) is 0 Å². The zero-order valence-electron chi connectivity index (χ0n) is 11.3. The van der Waals surface area contributed by atoms with Gasteiger partial charge in [-0.2, -0.15) is 11.8 Å². The fourth-order valence-electron chi connectivity index (χ4n) is 2.38. The number of hydrogen-bond donors (Lipinski definition) is 1. The number of likely N-dealkylation sites (tertiary alicyclic amines) is 1. The number of rotatable bonds is 7. The number of nitrogens with one attached hydrogen (secondary N) is 1. The van der Waals surface area contributed by atoms with Gasteiger partial charge in [-0.3, -0.25) is 4.90 Å². The first-order valence-electron chi connectivity index (χ1n) is 6.92. The second-order valence-corrected chi connectivity index (χ2v) is 5.94. The Morgan fingerprint density at radius 2 is 1.89 bits per heavy atom. The van der Waals surface area contributed by atoms with Crippen molar-refractivity contribution in [3.63, 3.8) is 0 Å². The summed E-state index contributed by atoms with van der Waals surface area (Å²) in [5.74, 6) is 1.24. The summed E-state index contributed by atoms with van der Waals surface area (Å²) in [5, 5.41) is 3.47. The van der Waals surface area contributed by atoms with Crippen LogP contribution in [0, 0.1) is 0 Å². The smallest absolute Gasteiger partial charge is 0.0340 e. The highest BCUT2D eigenvalue weighted by Crippen LogP contribution is 2.15. The number of nitrogens with zero attached hydrogens (tertiary/aromatic N) is 1. The minimum Gasteiger partial charge on any atom is -0.385 e. The fraction of sp³-hybridized carbons (Fsp3) is 0.600. The minimum atomic E-state index is 1.08. The van der Waals surface area contributed by atoms with Crippen molar-refractivity contribution >= 4 is 17.4 Å². The van der Waals surface area contributed by atoms with Crippen molar-refractivity contribution in [1.29, 1.82) is 0 Å². The lowest BCUT2D eigenvalue weighted by Crippen LogP contribution is -2.18. The third-order valence-corrected chi connectivity index (χ3v) is 4.11. The highest BCUT2D eigenvalue weighted by molar-refractivity contribution is 7.98. The quantitative estimate of drug-likeness (QED) is 0.759. The van der Waals surface area contributed by atoms with E-state index in [0.717, 1.165) is 13.1 Å². The molecule has 2 nitrogen and oxygen atoms in total. The van der Waals surface area contributed by atoms with Crippen LogP contribution in [0.2, 0.25) is 0 Å². The van der Waals surface area contributed by atoms with Gasteiger partial charge in [0, 0.05) is 18.8 Å². The standard InChI is InChI=1S/C15H24N2S/c1-18-12-4-9-16-15-7-5-14(6-8-15)13-17-10-2-3-11-17/h5-8,16H,2-4,9-13H2,1H3. The molecule has 0 amide bonds. The predicted molar refractivity (Wildman–Crippen MR) is 82.4 cm³/mol. The predicted octanol–water partition coefficient (Wildman–Crippen LogP) is 3.45. The van der Waals surface area contributed by atoms with E-state index >= 15 is 0 Å². The maximum absolute atomic E-state index is 3.47. The Bertz CT molecular complexity index is 331. The van der Waals surface area contributed by atoms with Crippen LogP contribution in [0.3, 0.4) is 0 Å². The van der Waals surface area contributed by atoms with Crippen LogP contribution in [0.4, 0.5) is 5.69 Å². The average Bonchev–Trinajstić information content (AvgIpc) is 2.89. The molecule has 0 bridgehead atoms. The van der Waals surface area contributed by atoms with E-state index in [1.807, 2.05) is 11.8 Å². The summed E-state index contributed by atoms with van der Waals surface area (Å²) in [6.07, 6.45) is 6.13. The zero-order chi connectivity index (χ0) is 12.6. The van der Waals surface area contributed by atoms with Crippen LogP contribution < -0.4 is 5.32 Å². The van der Waals surface area contributed by atoms with Crippen molar-refractivity contribution in [2.24, 2.45) is 0 Å². The number of hydrogen-bond acceptors (Lipinski definition) is 3. The molecule has 18 heavy (non-hydrogen) atoms. The first-order valence-corrected chi connectivity index (χ1v) is 8.32. The van der Waals surface area contributed by atoms with Crippen LogP contribution >= 0.6 is 11.8 Å². The van der Waals surface area contributed by atoms with E-state index in [-0.39, 0.29) is 0 Å². The molecular formula is C15H24N2S. The second-order valence-electron chi connectivity index (χ2n) is 4.95. The molecule has 1 N–H and O–H groups in total. The van der Waals surface area contributed by atoms with Crippen molar-refractivity contribution in [2.75, 3.05) is 37.0 Å². The van der Waals surface area contributed by atoms with Crippen molar-refractivity contribution in [1.82, 2.24) is 4.90 Å². The summed E-state index contributed by atoms with van der Waals surface area (Å²) >= 11 is 1.91. The lowest BCUT2D eigenvalue weighted by atomic mass is 10.2. The molecule has 100 valence electrons. The van der Waals surface area contributed by atoms with Gasteiger partial charge in [-0.1, -0.05) is 12.1 Å². The van der Waals surface area contributed by atoms with Gasteiger partial charge < -0.3 is 5.32 Å². The number of thioether (sulfide) groups is 1. The van der Waals surface area contributed by atoms with Gasteiger partial charge in [0.05, 0.1) is 0 Å². The van der Waals surface area contributed by atoms with Crippen LogP contribution in [0.5, 0.6) is 0 Å². The molecule has 0 radical (unpaired) electrons. The van der Waals surface area contributed by atoms with Gasteiger partial charge in [-0.15, -0.1) is 0 Å². The molecular weight excluding hydrogens is 240 g/mol. The fourth-order valence-corrected chi connectivity index (χ4v) is 2.81. The molecule has 1 aliphatic rings. The minimum absolute atomic E-state index is 1.08. The van der Waals surface area contributed by atoms with Gasteiger partial charge >= 0.3 is 0 Å². The van der Waals surface area contributed by atoms with E-state index in [9.17, 15) is 0 Å². The van der Waals surface area contributed by atoms with E-state index in [2.05, 4.69) is 40.7 Å². The maximum Gasteiger partial charge on any atom is 0.0340 e. The lowest BCUT2D eigenvalue weighted by Gasteiger charge is -2.15. The van der Waals surface area contributed by atoms with Gasteiger partial charge in [0.1, 0.15) is 0 Å². The van der Waals surface area contributed by atoms with Gasteiger partial charge in [0.15, 0.2) is 0 Å². The van der Waals surface area contributed by atoms with E-state index in [4.69, 9.17) is 0 Å². The Balaban J connectivity index is 1.74. The molecule has 0 spiro atoms. The first-order chi connectivity index (χ1) is 8.88. The summed E-state index contributed by atoms with van der Waals surface area (Å²) in [5.41, 5.74) is 2.69. The number of benzene rings is 1. The zero-order valence-corrected chi connectivity index (χ0v) is 12.1. The topological polar surface area (TPSA) is 15.3 Å². The Labute approximate surface area is 115 Å². The van der Waals surface area contributed by atoms with Crippen LogP contribution in [-0.4, -0.2) is 36.5 Å². The van der Waals surface area contributed by atoms with Crippen molar-refractivity contribution in [2.45, 2.75) is 25.8 Å². The molecule has 1 fully saturated rings. The molecule has 0 saturated carbocycles. The Kier molecular flexibility index (Phi) is 5.88. The number of anilines is 1. The molecule has 1 saturated heterocycles. The lowest BCUT2D eigenvalue weighted by molar-refractivity contribution is 0.331. The van der Waals surface area contributed by atoms with Crippen LogP contribution in [-0.2, 0) is 6.54 Å². The molecule has 3 heteroatoms. The third-order valence-electron chi connectivity index (χ3n) is 3.41. The maximum atomic E-state index is 3.47. The van der Waals surface area contributed by atoms with Crippen molar-refractivity contribution in [3.8, 4) is 0 Å². The van der Waals surface area contributed by atoms with E-state index in [0.29, 0.717) is 0 Å². The Morgan fingerprint density at radius 3 is 2.56 bits per heavy atom. The molecule has 1 aromatic carbocycles. The Morgan fingerprint density at radius 1 is 1.17 bits per heavy atom. The third kappa shape index (κ3) is 4.54. The van der Waals surface area contributed by atoms with Gasteiger partial charge in [-0.25, -0.2) is 0 Å². The van der Waals surface area contributed by atoms with Crippen LogP contribution in [0.15, 0.2) is 24.3 Å². The largest absolute Gasteiger partial charge is 0.385 e. The van der Waals surface area contributed by atoms with E-state index in [1.165, 1.54) is 49.4 Å². The van der Waals surface area contributed by atoms with Crippen LogP contribution in [0.1, 0.15) is 24.8 Å². The summed E-state index contributed by atoms with van der Waals surface area (Å²) < 4.78 is 0. The SMILES string of the molecule is CSCCCNc1ccc(CN2CCCC2)cc1. The first kappa shape index (κ1) is 13.8. The molecule has 1 aliphatic heterocycles. The highest BCUT2D eigenvalue weighted by atomic mass is 32.2. The Hall–Kier alpha value is -0.670. The molecule has 2 rings (SSSR count). The van der Waals surface area contributed by atoms with Crippen molar-refractivity contribution < 1.29 is 0 Å². The molecule has 1 heterocycles. The molecule has 0 unspecified atom stereocenters. The average molecular weight is 264 g/mol. The van der Waals surface area contributed by atoms with Crippen molar-refractivity contribution in [3.05, 3.63) is 29.8 Å². The molecule has 0 atom stereocenters. The monoisotopic (exact) mass is 264 g/mol. The van der Waals surface area contributed by atoms with Crippen LogP contribution in [0.25, 0.3) is 0 Å². The highest BCUT2D eigenvalue weighted by Gasteiger charge is 2.11. The molecule has 0 aliphatic carbocycles. The summed E-state index contributed by atoms with van der Waals surface area (Å²) in [7, 11) is 0. The van der Waals surface area contributed by atoms with E-state index < -0.39 is 0 Å². The van der Waals surface area contributed by atoms with Gasteiger partial charge in [0.2, 0.25) is 0 Å². The van der Waals surface area contributed by atoms with E-state index in [1.54, 1.807) is 0 Å². The normalized spacial score (nSPS) is 16.1. The summed E-state index contributed by atoms with van der Waals surface area (Å²) in [4.78, 5) is 2.54. The summed E-state index contributed by atoms with van der Waals surface area (Å²) in [6, 6.07) is 8.94. The van der Waals surface area contributed by atoms with Gasteiger partial charge in [-0.05, 0) is 62.1 Å². The summed E-state index contributed by atoms with van der Waals surface area (Å²) in [6.45, 7) is 4.74. The second kappa shape index (κ2) is 7.70. The molecule has 1 aromatic rings. The molecule has 0 aromatic heterocycles.